The largest absolute Gasteiger partial charge is 0.488 e. The Morgan fingerprint density at radius 2 is 2.19 bits per heavy atom. The van der Waals surface area contributed by atoms with Gasteiger partial charge in [0.15, 0.2) is 9.84 Å². The number of halogens is 1. The minimum Gasteiger partial charge on any atom is -0.488 e. The Hall–Kier alpha value is -1.99. The summed E-state index contributed by atoms with van der Waals surface area (Å²) in [5.41, 5.74) is 2.26. The van der Waals surface area contributed by atoms with E-state index in [2.05, 4.69) is 10.3 Å². The average molecular weight is 390 g/mol. The highest BCUT2D eigenvalue weighted by Gasteiger charge is 2.38. The molecule has 7 heteroatoms. The molecule has 1 N–H and O–H groups in total. The summed E-state index contributed by atoms with van der Waals surface area (Å²) in [7, 11) is -3.19. The number of ether oxygens (including phenoxy) is 1. The van der Waals surface area contributed by atoms with Gasteiger partial charge in [0.25, 0.3) is 0 Å². The van der Waals surface area contributed by atoms with Gasteiger partial charge in [0.2, 0.25) is 0 Å². The second-order valence-corrected chi connectivity index (χ2v) is 9.67. The third-order valence-corrected chi connectivity index (χ3v) is 6.33. The van der Waals surface area contributed by atoms with Crippen LogP contribution in [-0.4, -0.2) is 38.9 Å². The lowest BCUT2D eigenvalue weighted by atomic mass is 9.77. The summed E-state index contributed by atoms with van der Waals surface area (Å²) in [6.07, 6.45) is 6.39. The van der Waals surface area contributed by atoms with Crippen LogP contribution >= 0.6 is 0 Å². The van der Waals surface area contributed by atoms with Crippen molar-refractivity contribution in [2.45, 2.75) is 30.6 Å². The van der Waals surface area contributed by atoms with Crippen LogP contribution in [0.1, 0.15) is 29.0 Å². The van der Waals surface area contributed by atoms with E-state index >= 15 is 0 Å². The maximum absolute atomic E-state index is 14.9. The first-order chi connectivity index (χ1) is 12.9. The SMILES string of the molecule is CS(=O)(=O)Cc1ccc(C2CNCCC2C2Cc3ccncc3O2)c(F)c1. The van der Waals surface area contributed by atoms with Gasteiger partial charge in [-0.1, -0.05) is 12.1 Å². The smallest absolute Gasteiger partial charge is 0.151 e. The first-order valence-corrected chi connectivity index (χ1v) is 11.2. The summed E-state index contributed by atoms with van der Waals surface area (Å²) < 4.78 is 44.0. The minimum atomic E-state index is -3.19. The van der Waals surface area contributed by atoms with Gasteiger partial charge in [-0.3, -0.25) is 4.98 Å². The number of nitrogens with one attached hydrogen (secondary N) is 1. The lowest BCUT2D eigenvalue weighted by molar-refractivity contribution is 0.116. The number of fused-ring (bicyclic) bond motifs is 1. The topological polar surface area (TPSA) is 68.3 Å². The summed E-state index contributed by atoms with van der Waals surface area (Å²) >= 11 is 0. The fourth-order valence-corrected chi connectivity index (χ4v) is 5.06. The molecule has 0 radical (unpaired) electrons. The number of pyridine rings is 1. The number of hydrogen-bond donors (Lipinski definition) is 1. The Balaban J connectivity index is 1.58. The first kappa shape index (κ1) is 18.4. The van der Waals surface area contributed by atoms with Crippen LogP contribution in [-0.2, 0) is 22.0 Å². The Kier molecular flexibility index (Phi) is 4.90. The normalized spacial score (nSPS) is 25.0. The second kappa shape index (κ2) is 7.20. The summed E-state index contributed by atoms with van der Waals surface area (Å²) in [5, 5.41) is 3.36. The van der Waals surface area contributed by atoms with E-state index in [1.165, 1.54) is 6.07 Å². The number of rotatable bonds is 4. The van der Waals surface area contributed by atoms with Gasteiger partial charge in [-0.15, -0.1) is 0 Å². The number of piperidine rings is 1. The molecule has 0 amide bonds. The number of nitrogens with zero attached hydrogens (tertiary/aromatic N) is 1. The molecule has 1 aromatic carbocycles. The highest BCUT2D eigenvalue weighted by Crippen LogP contribution is 2.40. The molecule has 4 rings (SSSR count). The van der Waals surface area contributed by atoms with Crippen LogP contribution in [0.2, 0.25) is 0 Å². The number of aromatic nitrogens is 1. The highest BCUT2D eigenvalue weighted by molar-refractivity contribution is 7.89. The molecule has 0 aliphatic carbocycles. The molecule has 0 bridgehead atoms. The lowest BCUT2D eigenvalue weighted by Crippen LogP contribution is -2.42. The van der Waals surface area contributed by atoms with Crippen molar-refractivity contribution < 1.29 is 17.5 Å². The fourth-order valence-electron chi connectivity index (χ4n) is 4.27. The lowest BCUT2D eigenvalue weighted by Gasteiger charge is -2.36. The molecular weight excluding hydrogens is 367 g/mol. The zero-order valence-corrected chi connectivity index (χ0v) is 16.0. The van der Waals surface area contributed by atoms with Gasteiger partial charge in [0.1, 0.15) is 17.7 Å². The molecule has 1 fully saturated rings. The van der Waals surface area contributed by atoms with Crippen molar-refractivity contribution >= 4 is 9.84 Å². The van der Waals surface area contributed by atoms with E-state index in [9.17, 15) is 12.8 Å². The van der Waals surface area contributed by atoms with E-state index in [0.29, 0.717) is 17.7 Å². The molecule has 0 spiro atoms. The molecule has 144 valence electrons. The standard InChI is InChI=1S/C20H23FN2O3S/c1-27(24,25)12-13-2-3-15(18(21)8-13)17-10-22-7-5-16(17)19-9-14-4-6-23-11-20(14)26-19/h2-4,6,8,11,16-17,19,22H,5,7,9-10,12H2,1H3. The van der Waals surface area contributed by atoms with E-state index in [-0.39, 0.29) is 29.5 Å². The maximum atomic E-state index is 14.9. The third kappa shape index (κ3) is 3.99. The van der Waals surface area contributed by atoms with Crippen molar-refractivity contribution in [3.05, 3.63) is 59.2 Å². The predicted molar refractivity (Wildman–Crippen MR) is 101 cm³/mol. The van der Waals surface area contributed by atoms with E-state index in [1.54, 1.807) is 24.5 Å². The second-order valence-electron chi connectivity index (χ2n) is 7.53. The van der Waals surface area contributed by atoms with Crippen LogP contribution in [0.3, 0.4) is 0 Å². The van der Waals surface area contributed by atoms with Gasteiger partial charge >= 0.3 is 0 Å². The highest BCUT2D eigenvalue weighted by atomic mass is 32.2. The zero-order chi connectivity index (χ0) is 19.0. The Bertz CT molecular complexity index is 923. The fraction of sp³-hybridized carbons (Fsp3) is 0.450. The monoisotopic (exact) mass is 390 g/mol. The molecular formula is C20H23FN2O3S. The number of sulfone groups is 1. The molecule has 2 aromatic rings. The predicted octanol–water partition coefficient (Wildman–Crippen LogP) is 2.46. The molecule has 1 aromatic heterocycles. The van der Waals surface area contributed by atoms with Crippen LogP contribution in [0, 0.1) is 11.7 Å². The van der Waals surface area contributed by atoms with Crippen molar-refractivity contribution in [1.82, 2.24) is 10.3 Å². The third-order valence-electron chi connectivity index (χ3n) is 5.48. The number of benzene rings is 1. The molecule has 2 aliphatic rings. The van der Waals surface area contributed by atoms with E-state index in [1.807, 2.05) is 6.07 Å². The average Bonchev–Trinajstić information content (AvgIpc) is 3.04. The van der Waals surface area contributed by atoms with Crippen molar-refractivity contribution in [3.63, 3.8) is 0 Å². The Morgan fingerprint density at radius 3 is 2.93 bits per heavy atom. The van der Waals surface area contributed by atoms with E-state index in [4.69, 9.17) is 4.74 Å². The van der Waals surface area contributed by atoms with Crippen molar-refractivity contribution in [1.29, 1.82) is 0 Å². The van der Waals surface area contributed by atoms with Crippen molar-refractivity contribution in [2.24, 2.45) is 5.92 Å². The molecule has 27 heavy (non-hydrogen) atoms. The molecule has 5 nitrogen and oxygen atoms in total. The van der Waals surface area contributed by atoms with Crippen molar-refractivity contribution in [3.8, 4) is 5.75 Å². The first-order valence-electron chi connectivity index (χ1n) is 9.17. The minimum absolute atomic E-state index is 0.00592. The summed E-state index contributed by atoms with van der Waals surface area (Å²) in [5.74, 6) is 0.507. The maximum Gasteiger partial charge on any atom is 0.151 e. The van der Waals surface area contributed by atoms with Gasteiger partial charge in [-0.25, -0.2) is 12.8 Å². The molecule has 3 heterocycles. The van der Waals surface area contributed by atoms with Crippen LogP contribution in [0.5, 0.6) is 5.75 Å². The quantitative estimate of drug-likeness (QED) is 0.869. The Morgan fingerprint density at radius 1 is 1.33 bits per heavy atom. The van der Waals surface area contributed by atoms with E-state index < -0.39 is 9.84 Å². The van der Waals surface area contributed by atoms with E-state index in [0.717, 1.165) is 37.0 Å². The van der Waals surface area contributed by atoms with Crippen LogP contribution < -0.4 is 10.1 Å². The van der Waals surface area contributed by atoms with Crippen LogP contribution in [0.4, 0.5) is 4.39 Å². The Labute approximate surface area is 158 Å². The van der Waals surface area contributed by atoms with Gasteiger partial charge in [0, 0.05) is 42.8 Å². The molecule has 1 saturated heterocycles. The van der Waals surface area contributed by atoms with Gasteiger partial charge < -0.3 is 10.1 Å². The summed E-state index contributed by atoms with van der Waals surface area (Å²) in [4.78, 5) is 4.12. The summed E-state index contributed by atoms with van der Waals surface area (Å²) in [6.45, 7) is 1.56. The molecule has 3 unspecified atom stereocenters. The van der Waals surface area contributed by atoms with Crippen LogP contribution in [0.25, 0.3) is 0 Å². The zero-order valence-electron chi connectivity index (χ0n) is 15.2. The molecule has 2 aliphatic heterocycles. The number of hydrogen-bond acceptors (Lipinski definition) is 5. The van der Waals surface area contributed by atoms with Crippen molar-refractivity contribution in [2.75, 3.05) is 19.3 Å². The van der Waals surface area contributed by atoms with Gasteiger partial charge in [-0.2, -0.15) is 0 Å². The molecule has 0 saturated carbocycles. The summed E-state index contributed by atoms with van der Waals surface area (Å²) in [6, 6.07) is 6.80. The van der Waals surface area contributed by atoms with Gasteiger partial charge in [0.05, 0.1) is 11.9 Å². The van der Waals surface area contributed by atoms with Crippen LogP contribution in [0.15, 0.2) is 36.7 Å². The molecule has 3 atom stereocenters. The van der Waals surface area contributed by atoms with Gasteiger partial charge in [-0.05, 0) is 36.2 Å².